The highest BCUT2D eigenvalue weighted by atomic mass is 127. The molecule has 1 atom stereocenters. The lowest BCUT2D eigenvalue weighted by Crippen LogP contribution is -2.43. The fourth-order valence-electron chi connectivity index (χ4n) is 3.49. The molecule has 1 heterocycles. The second-order valence-electron chi connectivity index (χ2n) is 7.75. The second-order valence-corrected chi connectivity index (χ2v) is 8.87. The highest BCUT2D eigenvalue weighted by molar-refractivity contribution is 14.0. The molecular weight excluding hydrogens is 483 g/mol. The quantitative estimate of drug-likeness (QED) is 0.272. The molecule has 154 valence electrons. The van der Waals surface area contributed by atoms with E-state index in [1.165, 1.54) is 42.3 Å². The fraction of sp³-hybridized carbons (Fsp3) is 0.571. The maximum Gasteiger partial charge on any atom is 0.191 e. The number of thiophene rings is 1. The van der Waals surface area contributed by atoms with Gasteiger partial charge in [0, 0.05) is 48.8 Å². The number of rotatable bonds is 9. The molecule has 0 bridgehead atoms. The van der Waals surface area contributed by atoms with Crippen molar-refractivity contribution in [2.24, 2.45) is 10.9 Å². The molecule has 1 aromatic heterocycles. The van der Waals surface area contributed by atoms with Gasteiger partial charge in [-0.05, 0) is 49.1 Å². The minimum absolute atomic E-state index is 0. The first-order valence-corrected chi connectivity index (χ1v) is 10.9. The van der Waals surface area contributed by atoms with Gasteiger partial charge in [0.1, 0.15) is 6.10 Å². The molecule has 0 amide bonds. The van der Waals surface area contributed by atoms with Crippen molar-refractivity contribution in [2.75, 3.05) is 33.2 Å². The average molecular weight is 514 g/mol. The minimum atomic E-state index is -0.529. The third-order valence-electron chi connectivity index (χ3n) is 5.40. The fourth-order valence-corrected chi connectivity index (χ4v) is 4.54. The Balaban J connectivity index is 0.00000225. The average Bonchev–Trinajstić information content (AvgIpc) is 3.61. The van der Waals surface area contributed by atoms with Gasteiger partial charge in [-0.2, -0.15) is 0 Å². The summed E-state index contributed by atoms with van der Waals surface area (Å²) in [5, 5.41) is 18.4. The van der Waals surface area contributed by atoms with Crippen molar-refractivity contribution in [3.63, 3.8) is 0 Å². The SMILES string of the molecule is CN=C(NCCN(CC1CC1)C1CC1)NCC(O)c1cc2ccccc2s1.I. The highest BCUT2D eigenvalue weighted by Gasteiger charge is 2.33. The van der Waals surface area contributed by atoms with E-state index >= 15 is 0 Å². The molecule has 0 radical (unpaired) electrons. The van der Waals surface area contributed by atoms with Crippen LogP contribution in [0.25, 0.3) is 10.1 Å². The summed E-state index contributed by atoms with van der Waals surface area (Å²) in [6.07, 6.45) is 5.02. The molecular formula is C21H31IN4OS. The van der Waals surface area contributed by atoms with Crippen LogP contribution in [-0.4, -0.2) is 55.2 Å². The summed E-state index contributed by atoms with van der Waals surface area (Å²) in [6.45, 7) is 3.69. The molecule has 1 unspecified atom stereocenters. The van der Waals surface area contributed by atoms with Crippen molar-refractivity contribution in [2.45, 2.75) is 37.8 Å². The van der Waals surface area contributed by atoms with Crippen LogP contribution >= 0.6 is 35.3 Å². The molecule has 2 aliphatic rings. The van der Waals surface area contributed by atoms with Crippen molar-refractivity contribution < 1.29 is 5.11 Å². The number of guanidine groups is 1. The van der Waals surface area contributed by atoms with Gasteiger partial charge < -0.3 is 15.7 Å². The molecule has 2 saturated carbocycles. The monoisotopic (exact) mass is 514 g/mol. The van der Waals surface area contributed by atoms with Gasteiger partial charge in [-0.3, -0.25) is 9.89 Å². The van der Waals surface area contributed by atoms with Gasteiger partial charge in [-0.1, -0.05) is 18.2 Å². The van der Waals surface area contributed by atoms with Crippen LogP contribution in [0.5, 0.6) is 0 Å². The zero-order chi connectivity index (χ0) is 18.6. The molecule has 0 aliphatic heterocycles. The minimum Gasteiger partial charge on any atom is -0.386 e. The Morgan fingerprint density at radius 2 is 2.04 bits per heavy atom. The third-order valence-corrected chi connectivity index (χ3v) is 6.62. The second kappa shape index (κ2) is 10.2. The standard InChI is InChI=1S/C21H30N4OS.HI/c1-22-21(23-10-11-25(17-8-9-17)14-15-6-7-15)24-13-18(26)20-12-16-4-2-3-5-19(16)27-20;/h2-5,12,15,17-18,26H,6-11,13-14H2,1H3,(H2,22,23,24);1H. The van der Waals surface area contributed by atoms with E-state index in [9.17, 15) is 5.11 Å². The third kappa shape index (κ3) is 6.05. The smallest absolute Gasteiger partial charge is 0.191 e. The predicted molar refractivity (Wildman–Crippen MR) is 129 cm³/mol. The summed E-state index contributed by atoms with van der Waals surface area (Å²) in [4.78, 5) is 7.93. The first-order valence-electron chi connectivity index (χ1n) is 10.1. The van der Waals surface area contributed by atoms with Crippen LogP contribution in [0, 0.1) is 5.92 Å². The van der Waals surface area contributed by atoms with Crippen LogP contribution in [-0.2, 0) is 0 Å². The molecule has 28 heavy (non-hydrogen) atoms. The largest absolute Gasteiger partial charge is 0.386 e. The highest BCUT2D eigenvalue weighted by Crippen LogP contribution is 2.34. The summed E-state index contributed by atoms with van der Waals surface area (Å²) < 4.78 is 1.21. The number of hydrogen-bond donors (Lipinski definition) is 3. The predicted octanol–water partition coefficient (Wildman–Crippen LogP) is 3.59. The summed E-state index contributed by atoms with van der Waals surface area (Å²) in [7, 11) is 1.78. The summed E-state index contributed by atoms with van der Waals surface area (Å²) in [5.74, 6) is 1.71. The van der Waals surface area contributed by atoms with Crippen molar-refractivity contribution in [1.29, 1.82) is 0 Å². The van der Waals surface area contributed by atoms with Crippen LogP contribution in [0.1, 0.15) is 36.7 Å². The Kier molecular flexibility index (Phi) is 7.96. The van der Waals surface area contributed by atoms with Gasteiger partial charge in [0.25, 0.3) is 0 Å². The number of aliphatic hydroxyl groups is 1. The molecule has 5 nitrogen and oxygen atoms in total. The first kappa shape index (κ1) is 21.8. The van der Waals surface area contributed by atoms with Crippen molar-refractivity contribution in [3.8, 4) is 0 Å². The summed E-state index contributed by atoms with van der Waals surface area (Å²) >= 11 is 1.65. The Bertz CT molecular complexity index is 755. The molecule has 7 heteroatoms. The van der Waals surface area contributed by atoms with E-state index in [1.54, 1.807) is 18.4 Å². The first-order chi connectivity index (χ1) is 13.2. The van der Waals surface area contributed by atoms with Crippen LogP contribution in [0.3, 0.4) is 0 Å². The number of aliphatic imine (C=N–C) groups is 1. The van der Waals surface area contributed by atoms with Crippen molar-refractivity contribution in [1.82, 2.24) is 15.5 Å². The lowest BCUT2D eigenvalue weighted by atomic mass is 10.2. The number of benzene rings is 1. The van der Waals surface area contributed by atoms with Gasteiger partial charge in [0.05, 0.1) is 0 Å². The van der Waals surface area contributed by atoms with Crippen molar-refractivity contribution >= 4 is 51.4 Å². The van der Waals surface area contributed by atoms with E-state index in [2.05, 4.69) is 38.7 Å². The van der Waals surface area contributed by atoms with E-state index in [1.807, 2.05) is 12.1 Å². The van der Waals surface area contributed by atoms with Crippen molar-refractivity contribution in [3.05, 3.63) is 35.2 Å². The van der Waals surface area contributed by atoms with Gasteiger partial charge in [-0.15, -0.1) is 35.3 Å². The van der Waals surface area contributed by atoms with Crippen LogP contribution in [0.15, 0.2) is 35.3 Å². The Labute approximate surface area is 188 Å². The van der Waals surface area contributed by atoms with Gasteiger partial charge in [0.15, 0.2) is 5.96 Å². The number of aliphatic hydroxyl groups excluding tert-OH is 1. The Morgan fingerprint density at radius 1 is 1.25 bits per heavy atom. The Morgan fingerprint density at radius 3 is 2.71 bits per heavy atom. The molecule has 0 spiro atoms. The molecule has 2 fully saturated rings. The van der Waals surface area contributed by atoms with E-state index in [4.69, 9.17) is 0 Å². The number of fused-ring (bicyclic) bond motifs is 1. The molecule has 3 N–H and O–H groups in total. The molecule has 2 aromatic rings. The number of hydrogen-bond acceptors (Lipinski definition) is 4. The van der Waals surface area contributed by atoms with E-state index in [-0.39, 0.29) is 24.0 Å². The van der Waals surface area contributed by atoms with Gasteiger partial charge >= 0.3 is 0 Å². The number of nitrogens with one attached hydrogen (secondary N) is 2. The Hall–Kier alpha value is -0.900. The maximum atomic E-state index is 10.5. The van der Waals surface area contributed by atoms with Crippen LogP contribution in [0.4, 0.5) is 0 Å². The molecule has 2 aliphatic carbocycles. The maximum absolute atomic E-state index is 10.5. The van der Waals surface area contributed by atoms with E-state index in [0.717, 1.165) is 35.9 Å². The summed E-state index contributed by atoms with van der Waals surface area (Å²) in [6, 6.07) is 11.1. The topological polar surface area (TPSA) is 59.9 Å². The lowest BCUT2D eigenvalue weighted by molar-refractivity contribution is 0.184. The number of halogens is 1. The van der Waals surface area contributed by atoms with Crippen LogP contribution in [0.2, 0.25) is 0 Å². The van der Waals surface area contributed by atoms with Gasteiger partial charge in [-0.25, -0.2) is 0 Å². The van der Waals surface area contributed by atoms with E-state index < -0.39 is 6.10 Å². The zero-order valence-electron chi connectivity index (χ0n) is 16.4. The zero-order valence-corrected chi connectivity index (χ0v) is 19.6. The molecule has 1 aromatic carbocycles. The molecule has 0 saturated heterocycles. The summed E-state index contributed by atoms with van der Waals surface area (Å²) in [5.41, 5.74) is 0. The molecule has 4 rings (SSSR count). The van der Waals surface area contributed by atoms with E-state index in [0.29, 0.717) is 6.54 Å². The van der Waals surface area contributed by atoms with Gasteiger partial charge in [0.2, 0.25) is 0 Å². The number of nitrogens with zero attached hydrogens (tertiary/aromatic N) is 2. The normalized spacial score (nSPS) is 18.2. The van der Waals surface area contributed by atoms with Crippen LogP contribution < -0.4 is 10.6 Å². The lowest BCUT2D eigenvalue weighted by Gasteiger charge is -2.22.